The van der Waals surface area contributed by atoms with Gasteiger partial charge in [-0.25, -0.2) is 4.98 Å². The number of aryl methyl sites for hydroxylation is 1. The molecule has 0 saturated heterocycles. The normalized spacial score (nSPS) is 11.0. The van der Waals surface area contributed by atoms with Crippen LogP contribution in [-0.4, -0.2) is 27.6 Å². The van der Waals surface area contributed by atoms with Gasteiger partial charge in [0.2, 0.25) is 5.91 Å². The first-order chi connectivity index (χ1) is 10.1. The molecule has 0 atom stereocenters. The van der Waals surface area contributed by atoms with Gasteiger partial charge in [-0.15, -0.1) is 0 Å². The molecule has 2 aromatic rings. The molecule has 1 amide bonds. The van der Waals surface area contributed by atoms with Crippen LogP contribution in [0.1, 0.15) is 17.8 Å². The van der Waals surface area contributed by atoms with E-state index in [2.05, 4.69) is 20.5 Å². The molecule has 0 saturated carbocycles. The fourth-order valence-corrected chi connectivity index (χ4v) is 2.15. The summed E-state index contributed by atoms with van der Waals surface area (Å²) >= 11 is 11.8. The summed E-state index contributed by atoms with van der Waals surface area (Å²) in [6, 6.07) is 5.12. The van der Waals surface area contributed by atoms with E-state index in [1.165, 1.54) is 12.4 Å². The fourth-order valence-electron chi connectivity index (χ4n) is 1.68. The highest BCUT2D eigenvalue weighted by Gasteiger charge is 2.00. The Morgan fingerprint density at radius 2 is 2.24 bits per heavy atom. The quantitative estimate of drug-likeness (QED) is 0.634. The van der Waals surface area contributed by atoms with Crippen molar-refractivity contribution in [2.45, 2.75) is 12.8 Å². The molecule has 0 radical (unpaired) electrons. The first-order valence-corrected chi connectivity index (χ1v) is 7.16. The number of amides is 1. The van der Waals surface area contributed by atoms with Gasteiger partial charge in [0.25, 0.3) is 0 Å². The number of H-pyrrole nitrogens is 1. The average Bonchev–Trinajstić information content (AvgIpc) is 2.96. The van der Waals surface area contributed by atoms with Crippen LogP contribution < -0.4 is 5.32 Å². The summed E-state index contributed by atoms with van der Waals surface area (Å²) in [4.78, 5) is 15.7. The molecule has 0 unspecified atom stereocenters. The van der Waals surface area contributed by atoms with E-state index in [4.69, 9.17) is 23.2 Å². The molecule has 21 heavy (non-hydrogen) atoms. The van der Waals surface area contributed by atoms with Gasteiger partial charge in [0, 0.05) is 29.1 Å². The smallest absolute Gasteiger partial charge is 0.244 e. The summed E-state index contributed by atoms with van der Waals surface area (Å²) in [6.45, 7) is 0.568. The lowest BCUT2D eigenvalue weighted by Crippen LogP contribution is -2.22. The van der Waals surface area contributed by atoms with E-state index in [1.54, 1.807) is 24.3 Å². The molecule has 1 heterocycles. The van der Waals surface area contributed by atoms with E-state index >= 15 is 0 Å². The minimum atomic E-state index is -0.168. The molecule has 2 N–H and O–H groups in total. The molecule has 0 bridgehead atoms. The molecule has 0 fully saturated rings. The highest BCUT2D eigenvalue weighted by Crippen LogP contribution is 2.21. The Balaban J connectivity index is 1.74. The first-order valence-electron chi connectivity index (χ1n) is 6.40. The number of rotatable bonds is 6. The number of carbonyl (C=O) groups is 1. The third kappa shape index (κ3) is 5.21. The Morgan fingerprint density at radius 1 is 1.38 bits per heavy atom. The summed E-state index contributed by atoms with van der Waals surface area (Å²) in [6.07, 6.45) is 6.10. The fraction of sp³-hybridized carbons (Fsp3) is 0.214. The van der Waals surface area contributed by atoms with Crippen LogP contribution in [0.3, 0.4) is 0 Å². The zero-order chi connectivity index (χ0) is 15.1. The molecular weight excluding hydrogens is 311 g/mol. The van der Waals surface area contributed by atoms with Gasteiger partial charge in [0.05, 0.1) is 0 Å². The van der Waals surface area contributed by atoms with E-state index in [0.29, 0.717) is 16.6 Å². The van der Waals surface area contributed by atoms with Crippen molar-refractivity contribution in [2.75, 3.05) is 6.54 Å². The maximum Gasteiger partial charge on any atom is 0.244 e. The molecule has 1 aromatic carbocycles. The summed E-state index contributed by atoms with van der Waals surface area (Å²) in [5.74, 6) is 0.645. The maximum atomic E-state index is 11.7. The van der Waals surface area contributed by atoms with Crippen molar-refractivity contribution in [2.24, 2.45) is 0 Å². The Kier molecular flexibility index (Phi) is 5.78. The monoisotopic (exact) mass is 324 g/mol. The number of aromatic nitrogens is 3. The molecule has 5 nitrogen and oxygen atoms in total. The average molecular weight is 325 g/mol. The lowest BCUT2D eigenvalue weighted by molar-refractivity contribution is -0.116. The van der Waals surface area contributed by atoms with Gasteiger partial charge in [0.1, 0.15) is 12.2 Å². The van der Waals surface area contributed by atoms with Gasteiger partial charge < -0.3 is 5.32 Å². The van der Waals surface area contributed by atoms with Gasteiger partial charge in [0.15, 0.2) is 0 Å². The highest BCUT2D eigenvalue weighted by atomic mass is 35.5. The molecule has 0 aliphatic rings. The first kappa shape index (κ1) is 15.5. The van der Waals surface area contributed by atoms with E-state index in [9.17, 15) is 4.79 Å². The third-order valence-electron chi connectivity index (χ3n) is 2.73. The molecule has 2 rings (SSSR count). The second kappa shape index (κ2) is 7.81. The molecule has 0 spiro atoms. The Hall–Kier alpha value is -1.85. The Morgan fingerprint density at radius 3 is 2.95 bits per heavy atom. The van der Waals surface area contributed by atoms with Crippen LogP contribution in [0.2, 0.25) is 10.0 Å². The summed E-state index contributed by atoms with van der Waals surface area (Å²) < 4.78 is 0. The van der Waals surface area contributed by atoms with E-state index < -0.39 is 0 Å². The second-order valence-electron chi connectivity index (χ2n) is 4.33. The molecular formula is C14H14Cl2N4O. The minimum Gasteiger partial charge on any atom is -0.353 e. The third-order valence-corrected chi connectivity index (χ3v) is 3.29. The molecule has 110 valence electrons. The standard InChI is InChI=1S/C14H14Cl2N4O/c15-11-5-3-10(12(16)8-11)4-6-14(21)17-7-1-2-13-18-9-19-20-13/h3-6,8-9H,1-2,7H2,(H,17,21)(H,18,19,20). The van der Waals surface area contributed by atoms with Gasteiger partial charge >= 0.3 is 0 Å². The number of hydrogen-bond acceptors (Lipinski definition) is 3. The number of benzene rings is 1. The molecule has 1 aromatic heterocycles. The molecule has 0 aliphatic carbocycles. The van der Waals surface area contributed by atoms with Crippen molar-refractivity contribution in [1.29, 1.82) is 0 Å². The summed E-state index contributed by atoms with van der Waals surface area (Å²) in [5.41, 5.74) is 0.748. The lowest BCUT2D eigenvalue weighted by atomic mass is 10.2. The van der Waals surface area contributed by atoms with Gasteiger partial charge in [-0.05, 0) is 30.2 Å². The van der Waals surface area contributed by atoms with Crippen LogP contribution in [0.5, 0.6) is 0 Å². The van der Waals surface area contributed by atoms with Crippen LogP contribution in [-0.2, 0) is 11.2 Å². The summed E-state index contributed by atoms with van der Waals surface area (Å²) in [7, 11) is 0. The SMILES string of the molecule is O=C(C=Cc1ccc(Cl)cc1Cl)NCCCc1ncn[nH]1. The summed E-state index contributed by atoms with van der Waals surface area (Å²) in [5, 5.41) is 10.4. The van der Waals surface area contributed by atoms with E-state index in [-0.39, 0.29) is 5.91 Å². The van der Waals surface area contributed by atoms with Crippen LogP contribution >= 0.6 is 23.2 Å². The van der Waals surface area contributed by atoms with Crippen molar-refractivity contribution in [3.63, 3.8) is 0 Å². The van der Waals surface area contributed by atoms with Crippen LogP contribution in [0.4, 0.5) is 0 Å². The largest absolute Gasteiger partial charge is 0.353 e. The zero-order valence-electron chi connectivity index (χ0n) is 11.1. The second-order valence-corrected chi connectivity index (χ2v) is 5.17. The van der Waals surface area contributed by atoms with Crippen LogP contribution in [0, 0.1) is 0 Å². The van der Waals surface area contributed by atoms with Crippen molar-refractivity contribution >= 4 is 35.2 Å². The number of nitrogens with one attached hydrogen (secondary N) is 2. The molecule has 7 heteroatoms. The predicted octanol–water partition coefficient (Wildman–Crippen LogP) is 2.87. The van der Waals surface area contributed by atoms with Crippen LogP contribution in [0.25, 0.3) is 6.08 Å². The van der Waals surface area contributed by atoms with E-state index in [0.717, 1.165) is 24.2 Å². The predicted molar refractivity (Wildman–Crippen MR) is 83.2 cm³/mol. The van der Waals surface area contributed by atoms with Gasteiger partial charge in [-0.2, -0.15) is 5.10 Å². The number of carbonyl (C=O) groups excluding carboxylic acids is 1. The van der Waals surface area contributed by atoms with Gasteiger partial charge in [-0.1, -0.05) is 29.3 Å². The number of halogens is 2. The molecule has 0 aliphatic heterocycles. The topological polar surface area (TPSA) is 70.7 Å². The van der Waals surface area contributed by atoms with E-state index in [1.807, 2.05) is 0 Å². The number of aromatic amines is 1. The van der Waals surface area contributed by atoms with Crippen molar-refractivity contribution in [3.8, 4) is 0 Å². The highest BCUT2D eigenvalue weighted by molar-refractivity contribution is 6.35. The van der Waals surface area contributed by atoms with Crippen molar-refractivity contribution in [1.82, 2.24) is 20.5 Å². The Labute approximate surface area is 132 Å². The zero-order valence-corrected chi connectivity index (χ0v) is 12.7. The minimum absolute atomic E-state index is 0.168. The van der Waals surface area contributed by atoms with Gasteiger partial charge in [-0.3, -0.25) is 9.89 Å². The Bertz CT molecular complexity index is 626. The van der Waals surface area contributed by atoms with Crippen LogP contribution in [0.15, 0.2) is 30.6 Å². The number of nitrogens with zero attached hydrogens (tertiary/aromatic N) is 2. The maximum absolute atomic E-state index is 11.7. The van der Waals surface area contributed by atoms with Crippen molar-refractivity contribution in [3.05, 3.63) is 52.0 Å². The van der Waals surface area contributed by atoms with Crippen molar-refractivity contribution < 1.29 is 4.79 Å². The number of hydrogen-bond donors (Lipinski definition) is 2. The lowest BCUT2D eigenvalue weighted by Gasteiger charge is -2.01.